The average Bonchev–Trinajstić information content (AvgIpc) is 2.66. The molecule has 0 radical (unpaired) electrons. The number of rotatable bonds is 2. The summed E-state index contributed by atoms with van der Waals surface area (Å²) in [5.74, 6) is 1.83. The van der Waals surface area contributed by atoms with Crippen LogP contribution in [0.3, 0.4) is 0 Å². The molecule has 1 saturated carbocycles. The molecule has 0 N–H and O–H groups in total. The number of hydrogen-bond donors (Lipinski definition) is 0. The van der Waals surface area contributed by atoms with Crippen molar-refractivity contribution < 1.29 is 4.74 Å². The summed E-state index contributed by atoms with van der Waals surface area (Å²) in [7, 11) is 4.06. The van der Waals surface area contributed by atoms with E-state index in [0.717, 1.165) is 11.7 Å². The van der Waals surface area contributed by atoms with Gasteiger partial charge in [-0.15, -0.1) is 0 Å². The third-order valence-electron chi connectivity index (χ3n) is 5.55. The maximum absolute atomic E-state index is 5.46. The van der Waals surface area contributed by atoms with Crippen LogP contribution in [-0.2, 0) is 5.41 Å². The van der Waals surface area contributed by atoms with Gasteiger partial charge in [-0.25, -0.2) is 0 Å². The molecule has 2 heteroatoms. The lowest BCUT2D eigenvalue weighted by molar-refractivity contribution is 0.156. The van der Waals surface area contributed by atoms with Gasteiger partial charge in [0, 0.05) is 6.54 Å². The Balaban J connectivity index is 1.99. The Hall–Kier alpha value is -1.02. The molecule has 20 heavy (non-hydrogen) atoms. The van der Waals surface area contributed by atoms with Crippen molar-refractivity contribution in [3.8, 4) is 5.75 Å². The van der Waals surface area contributed by atoms with Gasteiger partial charge in [0.2, 0.25) is 0 Å². The lowest BCUT2D eigenvalue weighted by Crippen LogP contribution is -2.41. The van der Waals surface area contributed by atoms with Crippen molar-refractivity contribution in [3.63, 3.8) is 0 Å². The molecule has 2 atom stereocenters. The predicted molar refractivity (Wildman–Crippen MR) is 83.4 cm³/mol. The highest BCUT2D eigenvalue weighted by Gasteiger charge is 2.43. The molecule has 0 spiro atoms. The van der Waals surface area contributed by atoms with E-state index in [0.29, 0.717) is 5.41 Å². The van der Waals surface area contributed by atoms with Crippen LogP contribution < -0.4 is 4.74 Å². The summed E-state index contributed by atoms with van der Waals surface area (Å²) in [6.45, 7) is 2.51. The highest BCUT2D eigenvalue weighted by atomic mass is 16.5. The van der Waals surface area contributed by atoms with Crippen molar-refractivity contribution >= 4 is 0 Å². The highest BCUT2D eigenvalue weighted by molar-refractivity contribution is 5.35. The summed E-state index contributed by atoms with van der Waals surface area (Å²) >= 11 is 0. The number of benzene rings is 1. The topological polar surface area (TPSA) is 12.5 Å². The number of methoxy groups -OCH3 is 1. The van der Waals surface area contributed by atoms with Crippen LogP contribution in [0.1, 0.15) is 44.1 Å². The van der Waals surface area contributed by atoms with E-state index in [1.165, 1.54) is 57.2 Å². The second kappa shape index (κ2) is 5.77. The summed E-state index contributed by atoms with van der Waals surface area (Å²) in [6.07, 6.45) is 8.21. The fourth-order valence-electron chi connectivity index (χ4n) is 4.50. The number of hydrogen-bond acceptors (Lipinski definition) is 2. The van der Waals surface area contributed by atoms with Crippen molar-refractivity contribution in [1.29, 1.82) is 0 Å². The van der Waals surface area contributed by atoms with Crippen molar-refractivity contribution in [1.82, 2.24) is 4.90 Å². The zero-order valence-corrected chi connectivity index (χ0v) is 12.9. The lowest BCUT2D eigenvalue weighted by atomic mass is 9.61. The molecule has 1 saturated heterocycles. The molecule has 0 bridgehead atoms. The van der Waals surface area contributed by atoms with E-state index in [2.05, 4.69) is 36.2 Å². The van der Waals surface area contributed by atoms with Gasteiger partial charge in [-0.05, 0) is 68.3 Å². The van der Waals surface area contributed by atoms with E-state index in [9.17, 15) is 0 Å². The van der Waals surface area contributed by atoms with Crippen molar-refractivity contribution in [2.24, 2.45) is 5.92 Å². The minimum atomic E-state index is 0.400. The van der Waals surface area contributed by atoms with Gasteiger partial charge in [-0.2, -0.15) is 0 Å². The van der Waals surface area contributed by atoms with Gasteiger partial charge in [0.25, 0.3) is 0 Å². The molecule has 0 amide bonds. The SMILES string of the molecule is COc1cccc(C23CCCCC2CN(C)CCC3)c1. The standard InChI is InChI=1S/C18H27NO/c1-19-12-6-11-18(10-4-3-7-16(18)14-19)15-8-5-9-17(13-15)20-2/h5,8-9,13,16H,3-4,6-7,10-12,14H2,1-2H3. The third-order valence-corrected chi connectivity index (χ3v) is 5.55. The summed E-state index contributed by atoms with van der Waals surface area (Å²) in [5, 5.41) is 0. The largest absolute Gasteiger partial charge is 0.497 e. The Morgan fingerprint density at radius 2 is 2.05 bits per heavy atom. The van der Waals surface area contributed by atoms with Crippen molar-refractivity contribution in [2.75, 3.05) is 27.2 Å². The number of likely N-dealkylation sites (tertiary alicyclic amines) is 1. The van der Waals surface area contributed by atoms with Crippen LogP contribution in [0.2, 0.25) is 0 Å². The Labute approximate surface area is 123 Å². The Morgan fingerprint density at radius 1 is 1.20 bits per heavy atom. The van der Waals surface area contributed by atoms with E-state index in [4.69, 9.17) is 4.74 Å². The van der Waals surface area contributed by atoms with Gasteiger partial charge in [0.15, 0.2) is 0 Å². The Bertz CT molecular complexity index is 458. The molecule has 2 aliphatic rings. The van der Waals surface area contributed by atoms with Gasteiger partial charge < -0.3 is 9.64 Å². The first-order valence-electron chi connectivity index (χ1n) is 8.08. The molecule has 1 aliphatic carbocycles. The van der Waals surface area contributed by atoms with Crippen LogP contribution in [0.5, 0.6) is 5.75 Å². The summed E-state index contributed by atoms with van der Waals surface area (Å²) in [5.41, 5.74) is 1.93. The normalized spacial score (nSPS) is 31.4. The maximum atomic E-state index is 5.46. The molecule has 1 aromatic carbocycles. The van der Waals surface area contributed by atoms with Gasteiger partial charge in [0.05, 0.1) is 7.11 Å². The van der Waals surface area contributed by atoms with Crippen molar-refractivity contribution in [3.05, 3.63) is 29.8 Å². The lowest BCUT2D eigenvalue weighted by Gasteiger charge is -2.44. The minimum Gasteiger partial charge on any atom is -0.497 e. The quantitative estimate of drug-likeness (QED) is 0.811. The molecule has 2 nitrogen and oxygen atoms in total. The number of ether oxygens (including phenoxy) is 1. The second-order valence-electron chi connectivity index (χ2n) is 6.70. The zero-order chi connectivity index (χ0) is 14.0. The van der Waals surface area contributed by atoms with Crippen LogP contribution in [0.25, 0.3) is 0 Å². The van der Waals surface area contributed by atoms with Crippen molar-refractivity contribution in [2.45, 2.75) is 43.9 Å². The maximum Gasteiger partial charge on any atom is 0.119 e. The molecule has 0 aromatic heterocycles. The fraction of sp³-hybridized carbons (Fsp3) is 0.667. The van der Waals surface area contributed by atoms with Gasteiger partial charge in [0.1, 0.15) is 5.75 Å². The Kier molecular flexibility index (Phi) is 4.02. The van der Waals surface area contributed by atoms with Crippen LogP contribution in [0.4, 0.5) is 0 Å². The predicted octanol–water partition coefficient (Wildman–Crippen LogP) is 3.85. The zero-order valence-electron chi connectivity index (χ0n) is 12.9. The molecule has 2 fully saturated rings. The smallest absolute Gasteiger partial charge is 0.119 e. The van der Waals surface area contributed by atoms with E-state index < -0.39 is 0 Å². The molecule has 2 unspecified atom stereocenters. The monoisotopic (exact) mass is 273 g/mol. The molecular weight excluding hydrogens is 246 g/mol. The third kappa shape index (κ3) is 2.46. The van der Waals surface area contributed by atoms with Gasteiger partial charge in [-0.3, -0.25) is 0 Å². The number of nitrogens with zero attached hydrogens (tertiary/aromatic N) is 1. The summed E-state index contributed by atoms with van der Waals surface area (Å²) < 4.78 is 5.46. The van der Waals surface area contributed by atoms with Crippen LogP contribution >= 0.6 is 0 Å². The number of fused-ring (bicyclic) bond motifs is 1. The molecule has 3 rings (SSSR count). The highest BCUT2D eigenvalue weighted by Crippen LogP contribution is 2.49. The summed E-state index contributed by atoms with van der Waals surface area (Å²) in [4.78, 5) is 2.54. The fourth-order valence-corrected chi connectivity index (χ4v) is 4.50. The first-order chi connectivity index (χ1) is 9.74. The molecular formula is C18H27NO. The van der Waals surface area contributed by atoms with E-state index >= 15 is 0 Å². The Morgan fingerprint density at radius 3 is 2.90 bits per heavy atom. The van der Waals surface area contributed by atoms with Gasteiger partial charge >= 0.3 is 0 Å². The van der Waals surface area contributed by atoms with E-state index in [-0.39, 0.29) is 0 Å². The minimum absolute atomic E-state index is 0.400. The molecule has 1 aliphatic heterocycles. The molecule has 110 valence electrons. The summed E-state index contributed by atoms with van der Waals surface area (Å²) in [6, 6.07) is 8.87. The first-order valence-corrected chi connectivity index (χ1v) is 8.08. The second-order valence-corrected chi connectivity index (χ2v) is 6.70. The van der Waals surface area contributed by atoms with Crippen LogP contribution in [-0.4, -0.2) is 32.1 Å². The molecule has 1 heterocycles. The average molecular weight is 273 g/mol. The van der Waals surface area contributed by atoms with E-state index in [1.54, 1.807) is 7.11 Å². The van der Waals surface area contributed by atoms with Gasteiger partial charge in [-0.1, -0.05) is 25.0 Å². The first kappa shape index (κ1) is 13.9. The van der Waals surface area contributed by atoms with Crippen LogP contribution in [0.15, 0.2) is 24.3 Å². The van der Waals surface area contributed by atoms with E-state index in [1.807, 2.05) is 0 Å². The molecule has 1 aromatic rings. The van der Waals surface area contributed by atoms with Crippen LogP contribution in [0, 0.1) is 5.92 Å².